The minimum absolute atomic E-state index is 0.0883. The van der Waals surface area contributed by atoms with Crippen LogP contribution in [-0.4, -0.2) is 23.9 Å². The van der Waals surface area contributed by atoms with Gasteiger partial charge >= 0.3 is 0 Å². The normalized spacial score (nSPS) is 17.9. The molecule has 9 heteroatoms. The predicted molar refractivity (Wildman–Crippen MR) is 80.3 cm³/mol. The van der Waals surface area contributed by atoms with Gasteiger partial charge in [-0.2, -0.15) is 0 Å². The standard InChI is InChI=1S/C11H10IN5O3/c12-8-1-2-9(10(4-8)17(19)20)16-6-7(3-11(16)18)5-14-15-13/h1-2,4,7H,3,5-6H2. The lowest BCUT2D eigenvalue weighted by molar-refractivity contribution is -0.384. The second-order valence-corrected chi connectivity index (χ2v) is 5.62. The number of amides is 1. The molecule has 0 bridgehead atoms. The highest BCUT2D eigenvalue weighted by atomic mass is 127. The Bertz CT molecular complexity index is 614. The third-order valence-corrected chi connectivity index (χ3v) is 3.70. The Labute approximate surface area is 127 Å². The molecule has 0 aromatic heterocycles. The van der Waals surface area contributed by atoms with Gasteiger partial charge in [0, 0.05) is 34.1 Å². The largest absolute Gasteiger partial charge is 0.306 e. The molecule has 0 spiro atoms. The lowest BCUT2D eigenvalue weighted by Gasteiger charge is -2.16. The first-order valence-electron chi connectivity index (χ1n) is 5.78. The van der Waals surface area contributed by atoms with Crippen LogP contribution < -0.4 is 4.90 Å². The molecule has 2 rings (SSSR count). The molecule has 8 nitrogen and oxygen atoms in total. The van der Waals surface area contributed by atoms with Gasteiger partial charge in [0.2, 0.25) is 5.91 Å². The maximum Gasteiger partial charge on any atom is 0.294 e. The van der Waals surface area contributed by atoms with Crippen molar-refractivity contribution in [1.29, 1.82) is 0 Å². The summed E-state index contributed by atoms with van der Waals surface area (Å²) in [4.78, 5) is 26.6. The Morgan fingerprint density at radius 3 is 3.00 bits per heavy atom. The highest BCUT2D eigenvalue weighted by Crippen LogP contribution is 2.34. The molecule has 1 unspecified atom stereocenters. The van der Waals surface area contributed by atoms with Crippen LogP contribution >= 0.6 is 22.6 Å². The van der Waals surface area contributed by atoms with E-state index in [1.165, 1.54) is 11.0 Å². The number of nitrogens with zero attached hydrogens (tertiary/aromatic N) is 5. The second-order valence-electron chi connectivity index (χ2n) is 4.38. The number of hydrogen-bond donors (Lipinski definition) is 0. The molecule has 1 aliphatic heterocycles. The van der Waals surface area contributed by atoms with Crippen molar-refractivity contribution in [3.63, 3.8) is 0 Å². The number of nitro benzene ring substituents is 1. The van der Waals surface area contributed by atoms with Crippen LogP contribution in [0.25, 0.3) is 10.4 Å². The van der Waals surface area contributed by atoms with Crippen LogP contribution in [0, 0.1) is 19.6 Å². The SMILES string of the molecule is [N-]=[N+]=NCC1CC(=O)N(c2ccc(I)cc2[N+](=O)[O-])C1. The first kappa shape index (κ1) is 14.5. The number of hydrogen-bond acceptors (Lipinski definition) is 4. The fraction of sp³-hybridized carbons (Fsp3) is 0.364. The zero-order valence-electron chi connectivity index (χ0n) is 10.3. The molecule has 104 valence electrons. The van der Waals surface area contributed by atoms with Crippen LogP contribution in [0.4, 0.5) is 11.4 Å². The summed E-state index contributed by atoms with van der Waals surface area (Å²) in [6, 6.07) is 4.73. The van der Waals surface area contributed by atoms with Gasteiger partial charge in [-0.1, -0.05) is 5.11 Å². The molecular formula is C11H10IN5O3. The summed E-state index contributed by atoms with van der Waals surface area (Å²) in [7, 11) is 0. The smallest absolute Gasteiger partial charge is 0.294 e. The summed E-state index contributed by atoms with van der Waals surface area (Å²) >= 11 is 1.98. The summed E-state index contributed by atoms with van der Waals surface area (Å²) in [6.07, 6.45) is 0.238. The number of benzene rings is 1. The van der Waals surface area contributed by atoms with E-state index in [0.29, 0.717) is 12.2 Å². The first-order chi connectivity index (χ1) is 9.52. The molecule has 1 fully saturated rings. The molecule has 20 heavy (non-hydrogen) atoms. The van der Waals surface area contributed by atoms with E-state index in [4.69, 9.17) is 5.53 Å². The van der Waals surface area contributed by atoms with Gasteiger partial charge in [0.25, 0.3) is 5.69 Å². The minimum atomic E-state index is -0.495. The van der Waals surface area contributed by atoms with Crippen LogP contribution in [0.2, 0.25) is 0 Å². The lowest BCUT2D eigenvalue weighted by atomic mass is 10.1. The van der Waals surface area contributed by atoms with Crippen LogP contribution in [0.15, 0.2) is 23.3 Å². The van der Waals surface area contributed by atoms with Gasteiger partial charge in [-0.15, -0.1) is 0 Å². The van der Waals surface area contributed by atoms with Crippen LogP contribution in [0.3, 0.4) is 0 Å². The zero-order valence-corrected chi connectivity index (χ0v) is 12.4. The van der Waals surface area contributed by atoms with Crippen molar-refractivity contribution in [2.75, 3.05) is 18.0 Å². The Morgan fingerprint density at radius 1 is 1.60 bits per heavy atom. The molecule has 1 aromatic carbocycles. The molecule has 1 saturated heterocycles. The molecule has 0 N–H and O–H groups in total. The highest BCUT2D eigenvalue weighted by Gasteiger charge is 2.33. The van der Waals surface area contributed by atoms with Gasteiger partial charge in [-0.05, 0) is 46.2 Å². The molecule has 1 heterocycles. The van der Waals surface area contributed by atoms with Crippen molar-refractivity contribution < 1.29 is 9.72 Å². The van der Waals surface area contributed by atoms with E-state index in [1.54, 1.807) is 12.1 Å². The van der Waals surface area contributed by atoms with Gasteiger partial charge < -0.3 is 4.90 Å². The number of carbonyl (C=O) groups excluding carboxylic acids is 1. The number of azide groups is 1. The molecule has 0 aliphatic carbocycles. The molecule has 0 saturated carbocycles. The van der Waals surface area contributed by atoms with E-state index in [1.807, 2.05) is 22.6 Å². The predicted octanol–water partition coefficient (Wildman–Crippen LogP) is 2.86. The number of halogens is 1. The van der Waals surface area contributed by atoms with Gasteiger partial charge in [0.1, 0.15) is 5.69 Å². The van der Waals surface area contributed by atoms with Crippen LogP contribution in [0.5, 0.6) is 0 Å². The third kappa shape index (κ3) is 2.99. The Balaban J connectivity index is 2.30. The van der Waals surface area contributed by atoms with Gasteiger partial charge in [0.05, 0.1) is 4.92 Å². The maximum atomic E-state index is 12.0. The van der Waals surface area contributed by atoms with E-state index in [2.05, 4.69) is 10.0 Å². The topological polar surface area (TPSA) is 112 Å². The van der Waals surface area contributed by atoms with Crippen LogP contribution in [0.1, 0.15) is 6.42 Å². The molecule has 0 radical (unpaired) electrons. The Morgan fingerprint density at radius 2 is 2.35 bits per heavy atom. The third-order valence-electron chi connectivity index (χ3n) is 3.03. The van der Waals surface area contributed by atoms with Crippen molar-refractivity contribution in [3.8, 4) is 0 Å². The van der Waals surface area contributed by atoms with E-state index in [-0.39, 0.29) is 30.5 Å². The highest BCUT2D eigenvalue weighted by molar-refractivity contribution is 14.1. The van der Waals surface area contributed by atoms with Crippen molar-refractivity contribution in [2.24, 2.45) is 11.0 Å². The number of anilines is 1. The molecule has 1 atom stereocenters. The zero-order chi connectivity index (χ0) is 14.7. The van der Waals surface area contributed by atoms with Crippen LogP contribution in [-0.2, 0) is 4.79 Å². The molecule has 1 aromatic rings. The summed E-state index contributed by atoms with van der Waals surface area (Å²) in [5.41, 5.74) is 8.50. The molecule has 1 aliphatic rings. The Kier molecular flexibility index (Phi) is 4.40. The maximum absolute atomic E-state index is 12.0. The van der Waals surface area contributed by atoms with Crippen molar-refractivity contribution >= 4 is 39.9 Å². The number of carbonyl (C=O) groups is 1. The fourth-order valence-corrected chi connectivity index (χ4v) is 2.63. The van der Waals surface area contributed by atoms with Crippen molar-refractivity contribution in [1.82, 2.24) is 0 Å². The average molecular weight is 387 g/mol. The summed E-state index contributed by atoms with van der Waals surface area (Å²) in [5.74, 6) is -0.287. The van der Waals surface area contributed by atoms with E-state index in [9.17, 15) is 14.9 Å². The summed E-state index contributed by atoms with van der Waals surface area (Å²) < 4.78 is 0.732. The quantitative estimate of drug-likeness (QED) is 0.198. The lowest BCUT2D eigenvalue weighted by Crippen LogP contribution is -2.25. The van der Waals surface area contributed by atoms with Crippen molar-refractivity contribution in [2.45, 2.75) is 6.42 Å². The second kappa shape index (κ2) is 6.06. The van der Waals surface area contributed by atoms with Gasteiger partial charge in [-0.25, -0.2) is 0 Å². The molecule has 1 amide bonds. The minimum Gasteiger partial charge on any atom is -0.306 e. The first-order valence-corrected chi connectivity index (χ1v) is 6.86. The van der Waals surface area contributed by atoms with E-state index in [0.717, 1.165) is 3.57 Å². The van der Waals surface area contributed by atoms with E-state index >= 15 is 0 Å². The monoisotopic (exact) mass is 387 g/mol. The number of nitro groups is 1. The number of rotatable bonds is 4. The average Bonchev–Trinajstić information content (AvgIpc) is 2.77. The summed E-state index contributed by atoms with van der Waals surface area (Å²) in [6.45, 7) is 0.552. The molecular weight excluding hydrogens is 377 g/mol. The van der Waals surface area contributed by atoms with Gasteiger partial charge in [-0.3, -0.25) is 14.9 Å². The fourth-order valence-electron chi connectivity index (χ4n) is 2.16. The van der Waals surface area contributed by atoms with Gasteiger partial charge in [0.15, 0.2) is 0 Å². The van der Waals surface area contributed by atoms with Crippen molar-refractivity contribution in [3.05, 3.63) is 42.3 Å². The summed E-state index contributed by atoms with van der Waals surface area (Å²) in [5, 5.41) is 14.5. The van der Waals surface area contributed by atoms with E-state index < -0.39 is 4.92 Å². The Hall–Kier alpha value is -1.87.